The van der Waals surface area contributed by atoms with E-state index in [-0.39, 0.29) is 5.54 Å². The first kappa shape index (κ1) is 15.0. The SMILES string of the molecule is CCC(CC)(CC)NCc1ccc(OC)c(C)c1. The van der Waals surface area contributed by atoms with E-state index in [4.69, 9.17) is 4.74 Å². The molecule has 0 aliphatic heterocycles. The van der Waals surface area contributed by atoms with Crippen LogP contribution in [-0.2, 0) is 6.54 Å². The van der Waals surface area contributed by atoms with Gasteiger partial charge in [-0.3, -0.25) is 0 Å². The molecule has 2 nitrogen and oxygen atoms in total. The first-order chi connectivity index (χ1) is 8.60. The Morgan fingerprint density at radius 2 is 1.72 bits per heavy atom. The predicted octanol–water partition coefficient (Wildman–Crippen LogP) is 4.06. The van der Waals surface area contributed by atoms with Crippen molar-refractivity contribution >= 4 is 0 Å². The topological polar surface area (TPSA) is 21.3 Å². The van der Waals surface area contributed by atoms with E-state index in [9.17, 15) is 0 Å². The lowest BCUT2D eigenvalue weighted by Gasteiger charge is -2.32. The fourth-order valence-electron chi connectivity index (χ4n) is 2.47. The Balaban J connectivity index is 2.71. The highest BCUT2D eigenvalue weighted by Gasteiger charge is 2.22. The van der Waals surface area contributed by atoms with Gasteiger partial charge < -0.3 is 10.1 Å². The van der Waals surface area contributed by atoms with Gasteiger partial charge in [0, 0.05) is 12.1 Å². The van der Waals surface area contributed by atoms with Crippen molar-refractivity contribution in [2.75, 3.05) is 7.11 Å². The summed E-state index contributed by atoms with van der Waals surface area (Å²) in [6, 6.07) is 6.40. The molecule has 1 aromatic rings. The van der Waals surface area contributed by atoms with E-state index in [1.54, 1.807) is 7.11 Å². The Morgan fingerprint density at radius 1 is 1.11 bits per heavy atom. The summed E-state index contributed by atoms with van der Waals surface area (Å²) in [5.74, 6) is 0.964. The van der Waals surface area contributed by atoms with Crippen LogP contribution in [0.25, 0.3) is 0 Å². The summed E-state index contributed by atoms with van der Waals surface area (Å²) in [6.45, 7) is 9.81. The number of hydrogen-bond donors (Lipinski definition) is 1. The van der Waals surface area contributed by atoms with E-state index >= 15 is 0 Å². The summed E-state index contributed by atoms with van der Waals surface area (Å²) in [4.78, 5) is 0. The molecule has 0 heterocycles. The molecule has 0 aliphatic carbocycles. The van der Waals surface area contributed by atoms with Gasteiger partial charge in [-0.15, -0.1) is 0 Å². The maximum absolute atomic E-state index is 5.29. The molecule has 1 aromatic carbocycles. The Kier molecular flexibility index (Phi) is 5.67. The van der Waals surface area contributed by atoms with Crippen molar-refractivity contribution in [1.29, 1.82) is 0 Å². The summed E-state index contributed by atoms with van der Waals surface area (Å²) in [7, 11) is 1.72. The number of aryl methyl sites for hydroxylation is 1. The first-order valence-electron chi connectivity index (χ1n) is 6.99. The number of ether oxygens (including phenoxy) is 1. The van der Waals surface area contributed by atoms with Crippen molar-refractivity contribution in [3.63, 3.8) is 0 Å². The Labute approximate surface area is 112 Å². The van der Waals surface area contributed by atoms with Crippen LogP contribution in [0.15, 0.2) is 18.2 Å². The van der Waals surface area contributed by atoms with Crippen LogP contribution >= 0.6 is 0 Å². The van der Waals surface area contributed by atoms with E-state index in [1.807, 2.05) is 0 Å². The fraction of sp³-hybridized carbons (Fsp3) is 0.625. The molecule has 0 fully saturated rings. The number of rotatable bonds is 7. The second kappa shape index (κ2) is 6.79. The minimum absolute atomic E-state index is 0.286. The van der Waals surface area contributed by atoms with Crippen molar-refractivity contribution in [3.05, 3.63) is 29.3 Å². The van der Waals surface area contributed by atoms with Crippen LogP contribution in [-0.4, -0.2) is 12.6 Å². The Bertz CT molecular complexity index is 361. The van der Waals surface area contributed by atoms with Gasteiger partial charge in [-0.2, -0.15) is 0 Å². The third-order valence-electron chi connectivity index (χ3n) is 4.16. The number of nitrogens with one attached hydrogen (secondary N) is 1. The van der Waals surface area contributed by atoms with Gasteiger partial charge in [0.25, 0.3) is 0 Å². The Hall–Kier alpha value is -1.02. The van der Waals surface area contributed by atoms with Crippen LogP contribution < -0.4 is 10.1 Å². The van der Waals surface area contributed by atoms with E-state index in [0.717, 1.165) is 12.3 Å². The maximum Gasteiger partial charge on any atom is 0.121 e. The van der Waals surface area contributed by atoms with Crippen LogP contribution in [0.2, 0.25) is 0 Å². The minimum atomic E-state index is 0.286. The monoisotopic (exact) mass is 249 g/mol. The van der Waals surface area contributed by atoms with Crippen molar-refractivity contribution in [2.24, 2.45) is 0 Å². The molecule has 0 aliphatic rings. The molecule has 0 atom stereocenters. The number of hydrogen-bond acceptors (Lipinski definition) is 2. The lowest BCUT2D eigenvalue weighted by atomic mass is 9.89. The average molecular weight is 249 g/mol. The highest BCUT2D eigenvalue weighted by Crippen LogP contribution is 2.22. The van der Waals surface area contributed by atoms with Gasteiger partial charge >= 0.3 is 0 Å². The van der Waals surface area contributed by atoms with Gasteiger partial charge in [0.15, 0.2) is 0 Å². The lowest BCUT2D eigenvalue weighted by molar-refractivity contribution is 0.288. The smallest absolute Gasteiger partial charge is 0.121 e. The summed E-state index contributed by atoms with van der Waals surface area (Å²) in [6.07, 6.45) is 3.53. The summed E-state index contributed by atoms with van der Waals surface area (Å²) in [5.41, 5.74) is 2.81. The molecule has 0 saturated carbocycles. The molecule has 0 radical (unpaired) electrons. The molecule has 0 bridgehead atoms. The van der Waals surface area contributed by atoms with Crippen molar-refractivity contribution < 1.29 is 4.74 Å². The highest BCUT2D eigenvalue weighted by molar-refractivity contribution is 5.36. The van der Waals surface area contributed by atoms with Gasteiger partial charge in [-0.1, -0.05) is 32.9 Å². The molecule has 102 valence electrons. The average Bonchev–Trinajstić information content (AvgIpc) is 2.41. The van der Waals surface area contributed by atoms with Gasteiger partial charge in [-0.25, -0.2) is 0 Å². The van der Waals surface area contributed by atoms with Crippen LogP contribution in [0.4, 0.5) is 0 Å². The molecule has 0 aromatic heterocycles. The zero-order valence-electron chi connectivity index (χ0n) is 12.5. The van der Waals surface area contributed by atoms with Crippen molar-refractivity contribution in [2.45, 2.75) is 59.0 Å². The normalized spacial score (nSPS) is 11.6. The van der Waals surface area contributed by atoms with E-state index in [2.05, 4.69) is 51.2 Å². The van der Waals surface area contributed by atoms with Gasteiger partial charge in [-0.05, 0) is 43.4 Å². The van der Waals surface area contributed by atoms with E-state index in [1.165, 1.54) is 30.4 Å². The maximum atomic E-state index is 5.29. The molecule has 0 unspecified atom stereocenters. The third kappa shape index (κ3) is 3.49. The van der Waals surface area contributed by atoms with Gasteiger partial charge in [0.05, 0.1) is 7.11 Å². The summed E-state index contributed by atoms with van der Waals surface area (Å²) in [5, 5.41) is 3.72. The highest BCUT2D eigenvalue weighted by atomic mass is 16.5. The summed E-state index contributed by atoms with van der Waals surface area (Å²) >= 11 is 0. The minimum Gasteiger partial charge on any atom is -0.496 e. The molecule has 1 N–H and O–H groups in total. The molecule has 0 saturated heterocycles. The molecular formula is C16H27NO. The molecule has 0 amide bonds. The molecule has 2 heteroatoms. The quantitative estimate of drug-likeness (QED) is 0.786. The van der Waals surface area contributed by atoms with Crippen LogP contribution in [0.3, 0.4) is 0 Å². The zero-order chi connectivity index (χ0) is 13.6. The molecule has 18 heavy (non-hydrogen) atoms. The van der Waals surface area contributed by atoms with Crippen molar-refractivity contribution in [3.8, 4) is 5.75 Å². The van der Waals surface area contributed by atoms with E-state index in [0.29, 0.717) is 0 Å². The number of methoxy groups -OCH3 is 1. The lowest BCUT2D eigenvalue weighted by Crippen LogP contribution is -2.43. The van der Waals surface area contributed by atoms with Gasteiger partial charge in [0.2, 0.25) is 0 Å². The zero-order valence-corrected chi connectivity index (χ0v) is 12.5. The van der Waals surface area contributed by atoms with Crippen LogP contribution in [0.1, 0.15) is 51.2 Å². The van der Waals surface area contributed by atoms with Crippen molar-refractivity contribution in [1.82, 2.24) is 5.32 Å². The third-order valence-corrected chi connectivity index (χ3v) is 4.16. The van der Waals surface area contributed by atoms with E-state index < -0.39 is 0 Å². The second-order valence-corrected chi connectivity index (χ2v) is 5.00. The number of benzene rings is 1. The largest absolute Gasteiger partial charge is 0.496 e. The standard InChI is InChI=1S/C16H27NO/c1-6-16(7-2,8-3)17-12-14-9-10-15(18-5)13(4)11-14/h9-11,17H,6-8,12H2,1-5H3. The second-order valence-electron chi connectivity index (χ2n) is 5.00. The molecule has 0 spiro atoms. The molecule has 1 rings (SSSR count). The van der Waals surface area contributed by atoms with Gasteiger partial charge in [0.1, 0.15) is 5.75 Å². The van der Waals surface area contributed by atoms with Crippen LogP contribution in [0.5, 0.6) is 5.75 Å². The first-order valence-corrected chi connectivity index (χ1v) is 6.99. The molecular weight excluding hydrogens is 222 g/mol. The van der Waals surface area contributed by atoms with Crippen LogP contribution in [0, 0.1) is 6.92 Å². The fourth-order valence-corrected chi connectivity index (χ4v) is 2.47. The predicted molar refractivity (Wildman–Crippen MR) is 78.2 cm³/mol. The summed E-state index contributed by atoms with van der Waals surface area (Å²) < 4.78 is 5.29. The Morgan fingerprint density at radius 3 is 2.17 bits per heavy atom.